The molecule has 0 nitrogen and oxygen atoms in total. The summed E-state index contributed by atoms with van der Waals surface area (Å²) in [6, 6.07) is 1.36. The van der Waals surface area contributed by atoms with Crippen molar-refractivity contribution in [3.05, 3.63) is 35.1 Å². The molecule has 0 amide bonds. The van der Waals surface area contributed by atoms with E-state index in [4.69, 9.17) is 0 Å². The molecule has 0 spiro atoms. The molecule has 0 atom stereocenters. The van der Waals surface area contributed by atoms with Crippen molar-refractivity contribution in [3.63, 3.8) is 0 Å². The third-order valence-electron chi connectivity index (χ3n) is 1.46. The molecule has 0 aliphatic carbocycles. The molecule has 0 fully saturated rings. The van der Waals surface area contributed by atoms with E-state index in [0.29, 0.717) is 12.1 Å². The normalized spacial score (nSPS) is 10.2. The summed E-state index contributed by atoms with van der Waals surface area (Å²) < 4.78 is 37.5. The van der Waals surface area contributed by atoms with Gasteiger partial charge in [0.25, 0.3) is 0 Å². The van der Waals surface area contributed by atoms with Gasteiger partial charge in [0.2, 0.25) is 0 Å². The predicted molar refractivity (Wildman–Crippen MR) is 35.7 cm³/mol. The highest BCUT2D eigenvalue weighted by molar-refractivity contribution is 5.20. The Morgan fingerprint density at radius 2 is 1.55 bits per heavy atom. The van der Waals surface area contributed by atoms with Crippen molar-refractivity contribution < 1.29 is 13.2 Å². The summed E-state index contributed by atoms with van der Waals surface area (Å²) >= 11 is 0. The first kappa shape index (κ1) is 8.11. The Bertz CT molecular complexity index is 245. The molecule has 1 rings (SSSR count). The van der Waals surface area contributed by atoms with Gasteiger partial charge in [0.15, 0.2) is 0 Å². The van der Waals surface area contributed by atoms with Crippen molar-refractivity contribution in [3.8, 4) is 0 Å². The van der Waals surface area contributed by atoms with Crippen LogP contribution in [0.15, 0.2) is 12.1 Å². The smallest absolute Gasteiger partial charge is 0.132 e. The quantitative estimate of drug-likeness (QED) is 0.592. The van der Waals surface area contributed by atoms with Gasteiger partial charge in [-0.05, 0) is 6.42 Å². The summed E-state index contributed by atoms with van der Waals surface area (Å²) in [4.78, 5) is 0. The van der Waals surface area contributed by atoms with Crippen molar-refractivity contribution in [2.75, 3.05) is 0 Å². The van der Waals surface area contributed by atoms with E-state index in [0.717, 1.165) is 0 Å². The van der Waals surface area contributed by atoms with Gasteiger partial charge >= 0.3 is 0 Å². The van der Waals surface area contributed by atoms with Gasteiger partial charge in [0, 0.05) is 17.7 Å². The summed E-state index contributed by atoms with van der Waals surface area (Å²) in [6.45, 7) is 1.61. The second-order valence-electron chi connectivity index (χ2n) is 2.20. The average Bonchev–Trinajstić information content (AvgIpc) is 1.85. The lowest BCUT2D eigenvalue weighted by Crippen LogP contribution is -1.94. The van der Waals surface area contributed by atoms with Gasteiger partial charge in [-0.15, -0.1) is 0 Å². The number of benzene rings is 1. The van der Waals surface area contributed by atoms with Crippen LogP contribution >= 0.6 is 0 Å². The third-order valence-corrected chi connectivity index (χ3v) is 1.46. The molecule has 0 unspecified atom stereocenters. The first-order valence-electron chi connectivity index (χ1n) is 3.28. The molecule has 1 aromatic rings. The zero-order valence-corrected chi connectivity index (χ0v) is 6.00. The molecule has 11 heavy (non-hydrogen) atoms. The van der Waals surface area contributed by atoms with E-state index in [2.05, 4.69) is 0 Å². The lowest BCUT2D eigenvalue weighted by atomic mass is 10.1. The maximum Gasteiger partial charge on any atom is 0.132 e. The average molecular weight is 160 g/mol. The lowest BCUT2D eigenvalue weighted by Gasteiger charge is -2.00. The van der Waals surface area contributed by atoms with E-state index in [1.165, 1.54) is 0 Å². The molecule has 1 aromatic carbocycles. The summed E-state index contributed by atoms with van der Waals surface area (Å²) in [5.41, 5.74) is -0.0635. The highest BCUT2D eigenvalue weighted by atomic mass is 19.1. The zero-order valence-electron chi connectivity index (χ0n) is 6.00. The molecule has 0 bridgehead atoms. The molecular weight excluding hydrogens is 153 g/mol. The molecule has 0 saturated carbocycles. The molecule has 0 aliphatic heterocycles. The van der Waals surface area contributed by atoms with Gasteiger partial charge in [-0.2, -0.15) is 0 Å². The summed E-state index contributed by atoms with van der Waals surface area (Å²) in [6.07, 6.45) is 0.234. The minimum atomic E-state index is -0.878. The fourth-order valence-corrected chi connectivity index (χ4v) is 0.910. The van der Waals surface area contributed by atoms with E-state index in [1.807, 2.05) is 0 Å². The molecule has 0 aliphatic rings. The Balaban J connectivity index is 3.25. The van der Waals surface area contributed by atoms with E-state index in [9.17, 15) is 13.2 Å². The Morgan fingerprint density at radius 1 is 1.09 bits per heavy atom. The van der Waals surface area contributed by atoms with Crippen LogP contribution in [0.3, 0.4) is 0 Å². The first-order chi connectivity index (χ1) is 5.15. The SMILES string of the molecule is CCc1c(F)cc(F)cc1F. The fraction of sp³-hybridized carbons (Fsp3) is 0.250. The van der Waals surface area contributed by atoms with E-state index in [-0.39, 0.29) is 12.0 Å². The number of hydrogen-bond donors (Lipinski definition) is 0. The highest BCUT2D eigenvalue weighted by Gasteiger charge is 2.08. The summed E-state index contributed by atoms with van der Waals surface area (Å²) in [7, 11) is 0. The van der Waals surface area contributed by atoms with Gasteiger partial charge in [-0.3, -0.25) is 0 Å². The van der Waals surface area contributed by atoms with Crippen LogP contribution in [0, 0.1) is 17.5 Å². The lowest BCUT2D eigenvalue weighted by molar-refractivity contribution is 0.526. The van der Waals surface area contributed by atoms with Crippen LogP contribution in [0.4, 0.5) is 13.2 Å². The topological polar surface area (TPSA) is 0 Å². The molecule has 0 N–H and O–H groups in total. The van der Waals surface area contributed by atoms with Gasteiger partial charge in [-0.25, -0.2) is 13.2 Å². The second-order valence-corrected chi connectivity index (χ2v) is 2.20. The van der Waals surface area contributed by atoms with Crippen LogP contribution in [-0.2, 0) is 6.42 Å². The second kappa shape index (κ2) is 2.95. The van der Waals surface area contributed by atoms with Gasteiger partial charge in [0.05, 0.1) is 0 Å². The van der Waals surface area contributed by atoms with Crippen LogP contribution in [0.2, 0.25) is 0 Å². The van der Waals surface area contributed by atoms with E-state index in [1.54, 1.807) is 6.92 Å². The van der Waals surface area contributed by atoms with E-state index >= 15 is 0 Å². The maximum atomic E-state index is 12.6. The molecule has 3 heteroatoms. The number of halogens is 3. The molecule has 60 valence electrons. The predicted octanol–water partition coefficient (Wildman–Crippen LogP) is 2.67. The Hall–Kier alpha value is -0.990. The number of rotatable bonds is 1. The largest absolute Gasteiger partial charge is 0.207 e. The van der Waals surface area contributed by atoms with Crippen molar-refractivity contribution >= 4 is 0 Å². The van der Waals surface area contributed by atoms with Crippen molar-refractivity contribution in [1.29, 1.82) is 0 Å². The third kappa shape index (κ3) is 1.53. The first-order valence-corrected chi connectivity index (χ1v) is 3.28. The Kier molecular flexibility index (Phi) is 2.17. The molecule has 0 radical (unpaired) electrons. The van der Waals surface area contributed by atoms with Crippen LogP contribution in [0.1, 0.15) is 12.5 Å². The van der Waals surface area contributed by atoms with E-state index < -0.39 is 17.5 Å². The molecule has 0 heterocycles. The molecular formula is C8H7F3. The van der Waals surface area contributed by atoms with Crippen LogP contribution in [-0.4, -0.2) is 0 Å². The summed E-state index contributed by atoms with van der Waals surface area (Å²) in [5.74, 6) is -2.51. The van der Waals surface area contributed by atoms with Crippen molar-refractivity contribution in [2.45, 2.75) is 13.3 Å². The van der Waals surface area contributed by atoms with Crippen LogP contribution in [0.5, 0.6) is 0 Å². The fourth-order valence-electron chi connectivity index (χ4n) is 0.910. The van der Waals surface area contributed by atoms with Gasteiger partial charge in [-0.1, -0.05) is 6.92 Å². The minimum Gasteiger partial charge on any atom is -0.207 e. The van der Waals surface area contributed by atoms with Crippen LogP contribution in [0.25, 0.3) is 0 Å². The summed E-state index contributed by atoms with van der Waals surface area (Å²) in [5, 5.41) is 0. The van der Waals surface area contributed by atoms with Gasteiger partial charge < -0.3 is 0 Å². The van der Waals surface area contributed by atoms with Gasteiger partial charge in [0.1, 0.15) is 17.5 Å². The zero-order chi connectivity index (χ0) is 8.43. The standard InChI is InChI=1S/C8H7F3/c1-2-6-7(10)3-5(9)4-8(6)11/h3-4H,2H2,1H3. The molecule has 0 saturated heterocycles. The monoisotopic (exact) mass is 160 g/mol. The minimum absolute atomic E-state index is 0.0635. The van der Waals surface area contributed by atoms with Crippen molar-refractivity contribution in [2.24, 2.45) is 0 Å². The maximum absolute atomic E-state index is 12.6. The Morgan fingerprint density at radius 3 is 1.91 bits per heavy atom. The number of hydrogen-bond acceptors (Lipinski definition) is 0. The van der Waals surface area contributed by atoms with Crippen molar-refractivity contribution in [1.82, 2.24) is 0 Å². The Labute approximate surface area is 62.7 Å². The molecule has 0 aromatic heterocycles. The van der Waals surface area contributed by atoms with Crippen LogP contribution < -0.4 is 0 Å². The highest BCUT2D eigenvalue weighted by Crippen LogP contribution is 2.14.